The number of hydrogen-bond donors (Lipinski definition) is 1. The Kier molecular flexibility index (Phi) is 6.69. The molecule has 0 radical (unpaired) electrons. The molecule has 2 heterocycles. The molecule has 0 spiro atoms. The minimum atomic E-state index is -0.442. The van der Waals surface area contributed by atoms with Gasteiger partial charge in [0.1, 0.15) is 10.8 Å². The van der Waals surface area contributed by atoms with E-state index in [9.17, 15) is 4.79 Å². The van der Waals surface area contributed by atoms with Crippen LogP contribution >= 0.6 is 34.8 Å². The Morgan fingerprint density at radius 1 is 0.969 bits per heavy atom. The normalized spacial score (nSPS) is 10.9. The number of carbonyl (C=O) groups excluding carboxylic acids is 1. The van der Waals surface area contributed by atoms with E-state index < -0.39 is 5.91 Å². The highest BCUT2D eigenvalue weighted by molar-refractivity contribution is 6.36. The van der Waals surface area contributed by atoms with Crippen molar-refractivity contribution in [1.82, 2.24) is 19.6 Å². The van der Waals surface area contributed by atoms with Gasteiger partial charge in [-0.1, -0.05) is 59.1 Å². The van der Waals surface area contributed by atoms with E-state index in [1.54, 1.807) is 41.3 Å². The quantitative estimate of drug-likeness (QED) is 0.361. The van der Waals surface area contributed by atoms with Crippen LogP contribution in [0.15, 0.2) is 60.9 Å². The summed E-state index contributed by atoms with van der Waals surface area (Å²) in [6, 6.07) is 14.5. The molecule has 0 atom stereocenters. The summed E-state index contributed by atoms with van der Waals surface area (Å²) in [6.07, 6.45) is 3.25. The number of hydrogen-bond acceptors (Lipinski definition) is 4. The average molecular weight is 491 g/mol. The van der Waals surface area contributed by atoms with Crippen LogP contribution < -0.4 is 10.1 Å². The van der Waals surface area contributed by atoms with Crippen LogP contribution in [0.2, 0.25) is 15.1 Å². The SMILES string of the molecule is Cc1ccccc1OCn1ccc(C(=O)Nc2nn(Cc3c(Cl)cccc3Cl)cc2Cl)n1. The van der Waals surface area contributed by atoms with Gasteiger partial charge in [-0.05, 0) is 36.8 Å². The molecule has 0 aliphatic rings. The van der Waals surface area contributed by atoms with Gasteiger partial charge < -0.3 is 10.1 Å². The van der Waals surface area contributed by atoms with Crippen LogP contribution in [0.5, 0.6) is 5.75 Å². The molecule has 10 heteroatoms. The van der Waals surface area contributed by atoms with E-state index in [1.807, 2.05) is 31.2 Å². The summed E-state index contributed by atoms with van der Waals surface area (Å²) in [7, 11) is 0. The first kappa shape index (κ1) is 22.2. The van der Waals surface area contributed by atoms with Crippen molar-refractivity contribution in [3.8, 4) is 5.75 Å². The lowest BCUT2D eigenvalue weighted by Gasteiger charge is -2.08. The van der Waals surface area contributed by atoms with Crippen LogP contribution in [0.1, 0.15) is 21.6 Å². The molecule has 7 nitrogen and oxygen atoms in total. The van der Waals surface area contributed by atoms with Gasteiger partial charge in [0, 0.05) is 28.0 Å². The summed E-state index contributed by atoms with van der Waals surface area (Å²) >= 11 is 18.7. The first-order valence-electron chi connectivity index (χ1n) is 9.60. The maximum atomic E-state index is 12.6. The second-order valence-corrected chi connectivity index (χ2v) is 8.18. The Morgan fingerprint density at radius 3 is 2.47 bits per heavy atom. The van der Waals surface area contributed by atoms with Crippen molar-refractivity contribution in [2.45, 2.75) is 20.2 Å². The van der Waals surface area contributed by atoms with Crippen molar-refractivity contribution in [2.24, 2.45) is 0 Å². The lowest BCUT2D eigenvalue weighted by Crippen LogP contribution is -2.15. The van der Waals surface area contributed by atoms with Gasteiger partial charge in [-0.3, -0.25) is 9.48 Å². The van der Waals surface area contributed by atoms with E-state index in [0.717, 1.165) is 11.3 Å². The minimum Gasteiger partial charge on any atom is -0.471 e. The van der Waals surface area contributed by atoms with Gasteiger partial charge in [-0.25, -0.2) is 4.68 Å². The molecule has 164 valence electrons. The Balaban J connectivity index is 1.41. The highest BCUT2D eigenvalue weighted by atomic mass is 35.5. The molecule has 4 rings (SSSR count). The number of nitrogens with zero attached hydrogens (tertiary/aromatic N) is 4. The smallest absolute Gasteiger partial charge is 0.277 e. The Labute approximate surface area is 199 Å². The second kappa shape index (κ2) is 9.65. The third-order valence-electron chi connectivity index (χ3n) is 4.65. The number of ether oxygens (including phenoxy) is 1. The summed E-state index contributed by atoms with van der Waals surface area (Å²) in [4.78, 5) is 12.6. The fraction of sp³-hybridized carbons (Fsp3) is 0.136. The number of aryl methyl sites for hydroxylation is 1. The van der Waals surface area contributed by atoms with Crippen LogP contribution in [0, 0.1) is 6.92 Å². The standard InChI is InChI=1S/C22H18Cl3N5O2/c1-14-5-2-3-8-20(14)32-13-29-10-9-19(27-29)22(31)26-21-18(25)12-30(28-21)11-15-16(23)6-4-7-17(15)24/h2-10,12H,11,13H2,1H3,(H,26,28,31). The van der Waals surface area contributed by atoms with Gasteiger partial charge in [0.05, 0.1) is 6.54 Å². The average Bonchev–Trinajstić information content (AvgIpc) is 3.37. The van der Waals surface area contributed by atoms with Crippen molar-refractivity contribution < 1.29 is 9.53 Å². The summed E-state index contributed by atoms with van der Waals surface area (Å²) in [5, 5.41) is 12.6. The first-order valence-corrected chi connectivity index (χ1v) is 10.7. The molecule has 1 N–H and O–H groups in total. The molecule has 0 aliphatic carbocycles. The highest BCUT2D eigenvalue weighted by Crippen LogP contribution is 2.27. The summed E-state index contributed by atoms with van der Waals surface area (Å²) in [5.41, 5.74) is 1.93. The second-order valence-electron chi connectivity index (χ2n) is 6.96. The van der Waals surface area contributed by atoms with E-state index in [1.165, 1.54) is 4.68 Å². The first-order chi connectivity index (χ1) is 15.4. The molecule has 0 bridgehead atoms. The van der Waals surface area contributed by atoms with Crippen molar-refractivity contribution in [2.75, 3.05) is 5.32 Å². The Morgan fingerprint density at radius 2 is 1.72 bits per heavy atom. The lowest BCUT2D eigenvalue weighted by atomic mass is 10.2. The van der Waals surface area contributed by atoms with Crippen LogP contribution in [0.3, 0.4) is 0 Å². The maximum absolute atomic E-state index is 12.6. The molecule has 0 aliphatic heterocycles. The highest BCUT2D eigenvalue weighted by Gasteiger charge is 2.16. The number of rotatable bonds is 7. The summed E-state index contributed by atoms with van der Waals surface area (Å²) in [5.74, 6) is 0.526. The topological polar surface area (TPSA) is 74.0 Å². The molecule has 0 saturated carbocycles. The fourth-order valence-electron chi connectivity index (χ4n) is 2.99. The van der Waals surface area contributed by atoms with Crippen LogP contribution in [0.4, 0.5) is 5.82 Å². The number of amides is 1. The molecule has 2 aromatic carbocycles. The summed E-state index contributed by atoms with van der Waals surface area (Å²) in [6.45, 7) is 2.44. The maximum Gasteiger partial charge on any atom is 0.277 e. The Bertz CT molecular complexity index is 1250. The van der Waals surface area contributed by atoms with E-state index in [0.29, 0.717) is 22.2 Å². The minimum absolute atomic E-state index is 0.173. The number of carbonyl (C=O) groups is 1. The lowest BCUT2D eigenvalue weighted by molar-refractivity contribution is 0.101. The molecule has 4 aromatic rings. The van der Waals surface area contributed by atoms with Gasteiger partial charge in [-0.2, -0.15) is 10.2 Å². The van der Waals surface area contributed by atoms with E-state index in [4.69, 9.17) is 39.5 Å². The largest absolute Gasteiger partial charge is 0.471 e. The molecule has 0 fully saturated rings. The number of aromatic nitrogens is 4. The van der Waals surface area contributed by atoms with Crippen LogP contribution in [-0.4, -0.2) is 25.5 Å². The predicted molar refractivity (Wildman–Crippen MR) is 125 cm³/mol. The van der Waals surface area contributed by atoms with Gasteiger partial charge in [0.15, 0.2) is 18.2 Å². The third kappa shape index (κ3) is 5.07. The van der Waals surface area contributed by atoms with Crippen LogP contribution in [0.25, 0.3) is 0 Å². The molecule has 0 unspecified atom stereocenters. The molecule has 32 heavy (non-hydrogen) atoms. The zero-order valence-corrected chi connectivity index (χ0v) is 19.2. The molecule has 1 amide bonds. The van der Waals surface area contributed by atoms with Crippen molar-refractivity contribution in [3.05, 3.63) is 92.8 Å². The molecular weight excluding hydrogens is 473 g/mol. The van der Waals surface area contributed by atoms with E-state index in [2.05, 4.69) is 15.5 Å². The van der Waals surface area contributed by atoms with Gasteiger partial charge in [0.25, 0.3) is 5.91 Å². The summed E-state index contributed by atoms with van der Waals surface area (Å²) < 4.78 is 8.83. The van der Waals surface area contributed by atoms with Crippen molar-refractivity contribution in [3.63, 3.8) is 0 Å². The van der Waals surface area contributed by atoms with Crippen LogP contribution in [-0.2, 0) is 13.3 Å². The molecule has 0 saturated heterocycles. The molecule has 2 aromatic heterocycles. The number of nitrogens with one attached hydrogen (secondary N) is 1. The van der Waals surface area contributed by atoms with E-state index in [-0.39, 0.29) is 23.3 Å². The third-order valence-corrected chi connectivity index (χ3v) is 5.63. The van der Waals surface area contributed by atoms with Gasteiger partial charge >= 0.3 is 0 Å². The van der Waals surface area contributed by atoms with Gasteiger partial charge in [-0.15, -0.1) is 0 Å². The number of halogens is 3. The van der Waals surface area contributed by atoms with E-state index >= 15 is 0 Å². The zero-order chi connectivity index (χ0) is 22.7. The fourth-order valence-corrected chi connectivity index (χ4v) is 3.70. The molecular formula is C22H18Cl3N5O2. The van der Waals surface area contributed by atoms with Gasteiger partial charge in [0.2, 0.25) is 0 Å². The van der Waals surface area contributed by atoms with Crippen molar-refractivity contribution in [1.29, 1.82) is 0 Å². The Hall–Kier alpha value is -3.00. The number of para-hydroxylation sites is 1. The zero-order valence-electron chi connectivity index (χ0n) is 16.9. The van der Waals surface area contributed by atoms with Crippen molar-refractivity contribution >= 4 is 46.5 Å². The monoisotopic (exact) mass is 489 g/mol. The number of benzene rings is 2. The predicted octanol–water partition coefficient (Wildman–Crippen LogP) is 5.69. The number of anilines is 1.